The Bertz CT molecular complexity index is 4950. The van der Waals surface area contributed by atoms with E-state index in [0.717, 1.165) is 144 Å². The van der Waals surface area contributed by atoms with Crippen molar-refractivity contribution in [3.8, 4) is 0 Å². The maximum atomic E-state index is 11.7. The normalized spacial score (nSPS) is 21.0. The van der Waals surface area contributed by atoms with Crippen LogP contribution in [0.25, 0.3) is 0 Å². The SMILES string of the molecule is C.C.[2H]C([2H])(C)c1ccc(CCC(N)(C([2H])([2H])O)C([2H])([2H])OP(C)(=O)O)cc1.[2H]C([2H])(C)c1ccc(CCC(N)(CO)COP(C)(=O)O)cc1.[2H]C([2H])([2H])CCCCCCCc1ccc(C([2H])([2H])C([2H])([2H])C(N)(C([2H])([2H])O)C([2H])([2H])OP(C)(=O)O)cc1.[2H]C([2H])([2H])CCCCCCCc1ccc(CCC(N)(C([2H])([2H])O)C([2H])([2H])OP(C)(=O)O)cc1.[2H]C([2H])([2H])CCCCCCCc1ccc(CCC(N)(CO)COP(=O)(O)O)cc1. The lowest BCUT2D eigenvalue weighted by atomic mass is 9.93. The first-order valence-corrected chi connectivity index (χ1v) is 48.6. The van der Waals surface area contributed by atoms with Gasteiger partial charge in [-0.3, -0.25) is 22.8 Å². The molecule has 21 N–H and O–H groups in total. The van der Waals surface area contributed by atoms with Gasteiger partial charge in [0.05, 0.1) is 110 Å². The zero-order chi connectivity index (χ0) is 114. The number of aryl methyl sites for hydroxylation is 10. The summed E-state index contributed by atoms with van der Waals surface area (Å²) in [6.45, 7) is -21.4. The van der Waals surface area contributed by atoms with Crippen LogP contribution in [0, 0.1) is 0 Å². The Hall–Kier alpha value is -3.59. The minimum Gasteiger partial charge on any atom is -0.394 e. The molecule has 0 aliphatic rings. The third-order valence-electron chi connectivity index (χ3n) is 17.7. The number of aliphatic hydroxyl groups excluding tert-OH is 2. The van der Waals surface area contributed by atoms with Crippen LogP contribution < -0.4 is 28.7 Å². The van der Waals surface area contributed by atoms with Crippen molar-refractivity contribution in [1.82, 2.24) is 0 Å². The molecule has 694 valence electrons. The summed E-state index contributed by atoms with van der Waals surface area (Å²) in [5.41, 5.74) is 25.2. The highest BCUT2D eigenvalue weighted by Gasteiger charge is 2.32. The average Bonchev–Trinajstić information content (AvgIpc) is 0.697. The van der Waals surface area contributed by atoms with Crippen molar-refractivity contribution in [2.24, 2.45) is 28.7 Å². The molecule has 0 spiro atoms. The summed E-state index contributed by atoms with van der Waals surface area (Å²) in [7, 11) is -21.7. The summed E-state index contributed by atoms with van der Waals surface area (Å²) in [4.78, 5) is 54.8. The molecule has 9 atom stereocenters. The van der Waals surface area contributed by atoms with Gasteiger partial charge in [-0.1, -0.05) is 267 Å². The van der Waals surface area contributed by atoms with E-state index in [-0.39, 0.29) is 65.7 Å². The first-order valence-electron chi connectivity index (χ1n) is 53.5. The van der Waals surface area contributed by atoms with Gasteiger partial charge < -0.3 is 102 Å². The first kappa shape index (κ1) is 75.4. The number of benzene rings is 5. The van der Waals surface area contributed by atoms with Crippen LogP contribution in [0.3, 0.4) is 0 Å². The van der Waals surface area contributed by atoms with Gasteiger partial charge in [-0.15, -0.1) is 0 Å². The van der Waals surface area contributed by atoms with E-state index >= 15 is 0 Å². The van der Waals surface area contributed by atoms with Gasteiger partial charge in [-0.2, -0.15) is 0 Å². The number of rotatable bonds is 58. The Morgan fingerprint density at radius 3 is 0.783 bits per heavy atom. The van der Waals surface area contributed by atoms with Gasteiger partial charge >= 0.3 is 38.2 Å². The third-order valence-corrected chi connectivity index (χ3v) is 20.1. The second-order valence-corrected chi connectivity index (χ2v) is 37.7. The molecule has 5 rings (SSSR count). The minimum absolute atomic E-state index is 0. The topological polar surface area (TPSA) is 484 Å². The van der Waals surface area contributed by atoms with E-state index in [1.165, 1.54) is 43.7 Å². The maximum absolute atomic E-state index is 11.7. The Balaban J connectivity index is 0. The summed E-state index contributed by atoms with van der Waals surface area (Å²) in [5, 5.41) is 48.5. The zero-order valence-corrected chi connectivity index (χ0v) is 73.5. The van der Waals surface area contributed by atoms with Gasteiger partial charge in [0, 0.05) is 50.0 Å². The van der Waals surface area contributed by atoms with Gasteiger partial charge in [0.1, 0.15) is 0 Å². The summed E-state index contributed by atoms with van der Waals surface area (Å²) >= 11 is 0. The molecular formula is C89H162N5O21P5. The van der Waals surface area contributed by atoms with Crippen LogP contribution in [0.5, 0.6) is 0 Å². The molecule has 0 heterocycles. The molecule has 26 nitrogen and oxygen atoms in total. The molecule has 0 aliphatic carbocycles. The van der Waals surface area contributed by atoms with Gasteiger partial charge in [-0.05, 0) is 171 Å². The second-order valence-electron chi connectivity index (χ2n) is 29.2. The lowest BCUT2D eigenvalue weighted by Crippen LogP contribution is -2.48. The predicted molar refractivity (Wildman–Crippen MR) is 492 cm³/mol. The van der Waals surface area contributed by atoms with Crippen molar-refractivity contribution in [2.45, 2.75) is 289 Å². The second kappa shape index (κ2) is 63.4. The number of aliphatic hydroxyl groups is 5. The fraction of sp³-hybridized carbons (Fsp3) is 0.663. The van der Waals surface area contributed by atoms with E-state index in [1.54, 1.807) is 36.4 Å². The van der Waals surface area contributed by atoms with E-state index in [2.05, 4.69) is 18.1 Å². The van der Waals surface area contributed by atoms with E-state index in [1.807, 2.05) is 60.7 Å². The van der Waals surface area contributed by atoms with E-state index in [9.17, 15) is 63.0 Å². The molecule has 0 amide bonds. The highest BCUT2D eigenvalue weighted by atomic mass is 31.2. The van der Waals surface area contributed by atoms with Crippen LogP contribution in [0.2, 0.25) is 0 Å². The first-order chi connectivity index (χ1) is 66.0. The fourth-order valence-electron chi connectivity index (χ4n) is 10.4. The van der Waals surface area contributed by atoms with Crippen LogP contribution in [0.4, 0.5) is 0 Å². The van der Waals surface area contributed by atoms with Crippen LogP contribution in [-0.4, -0.2) is 175 Å². The molecule has 5 aromatic rings. The average molecular weight is 1820 g/mol. The van der Waals surface area contributed by atoms with Crippen LogP contribution in [0.1, 0.15) is 292 Å². The van der Waals surface area contributed by atoms with Gasteiger partial charge in [-0.25, -0.2) is 4.57 Å². The lowest BCUT2D eigenvalue weighted by molar-refractivity contribution is 0.102. The minimum atomic E-state index is -4.73. The largest absolute Gasteiger partial charge is 0.469 e. The molecule has 0 fully saturated rings. The van der Waals surface area contributed by atoms with E-state index in [0.29, 0.717) is 74.7 Å². The highest BCUT2D eigenvalue weighted by Crippen LogP contribution is 2.41. The molecule has 31 heteroatoms. The lowest BCUT2D eigenvalue weighted by Gasteiger charge is -2.27. The number of phosphoric ester groups is 1. The molecule has 9 unspecified atom stereocenters. The van der Waals surface area contributed by atoms with Gasteiger partial charge in [0.2, 0.25) is 0 Å². The maximum Gasteiger partial charge on any atom is 0.469 e. The van der Waals surface area contributed by atoms with Gasteiger partial charge in [0.25, 0.3) is 0 Å². The molecular weight excluding hydrogens is 1630 g/mol. The molecule has 0 bridgehead atoms. The molecule has 5 aromatic carbocycles. The summed E-state index contributed by atoms with van der Waals surface area (Å²) in [6.07, 6.45) is 7.84. The Labute approximate surface area is 762 Å². The fourth-order valence-corrected chi connectivity index (χ4v) is 12.3. The van der Waals surface area contributed by atoms with E-state index in [4.69, 9.17) is 87.6 Å². The zero-order valence-electron chi connectivity index (χ0n) is 98.0. The van der Waals surface area contributed by atoms with Crippen molar-refractivity contribution in [3.63, 3.8) is 0 Å². The number of hydrogen-bond donors (Lipinski definition) is 16. The molecule has 0 aliphatic heterocycles. The van der Waals surface area contributed by atoms with Crippen molar-refractivity contribution < 1.29 is 140 Å². The summed E-state index contributed by atoms with van der Waals surface area (Å²) in [5.74, 6) is 0. The van der Waals surface area contributed by atoms with Crippen molar-refractivity contribution in [3.05, 3.63) is 177 Å². The van der Waals surface area contributed by atoms with E-state index < -0.39 is 171 Å². The standard InChI is InChI=1S/2C20H36NO4P.C19H34NO5P.2C14H24NO4P.2CH4/c2*1-3-4-5-6-7-8-9-18-10-12-19(13-11-18)14-15-20(21,16-22)17-25-26(2,23)24;1-2-3-4-5-6-7-8-17-9-11-18(12-10-17)13-14-19(20,15-21)16-25-26(22,23)24;2*1-3-12-4-6-13(7-5-12)8-9-14(15,10-16)11-19-20(2,17)18;;/h2*10-13,22H,3-9,14-17,21H2,1-2H3,(H,23,24);9-12,21H,2-8,13-16,20H2,1H3,(H2,22,23,24);2*4-7,16H,3,8-11,15H2,1-2H3,(H,17,18);2*1H4/i1D3,14D2,15D2,16D2,17D2;1D3,16D2,17D2;1D3;3D2,10D2,11D2;3D2;;. The summed E-state index contributed by atoms with van der Waals surface area (Å²) < 4.78 is 301. The summed E-state index contributed by atoms with van der Waals surface area (Å²) in [6, 6.07) is 34.4. The predicted octanol–water partition coefficient (Wildman–Crippen LogP) is 16.1. The number of hydrogen-bond acceptors (Lipinski definition) is 20. The van der Waals surface area contributed by atoms with Crippen molar-refractivity contribution >= 4 is 38.2 Å². The molecule has 0 aromatic heterocycles. The Morgan fingerprint density at radius 2 is 0.542 bits per heavy atom. The smallest absolute Gasteiger partial charge is 0.394 e. The molecule has 0 saturated carbocycles. The monoisotopic (exact) mass is 1820 g/mol. The number of phosphoric acid groups is 1. The Kier molecular flexibility index (Phi) is 39.8. The Morgan fingerprint density at radius 1 is 0.317 bits per heavy atom. The van der Waals surface area contributed by atoms with Crippen LogP contribution in [-0.2, 0) is 110 Å². The highest BCUT2D eigenvalue weighted by molar-refractivity contribution is 7.52. The van der Waals surface area contributed by atoms with Crippen molar-refractivity contribution in [2.75, 3.05) is 92.4 Å². The van der Waals surface area contributed by atoms with Crippen LogP contribution >= 0.6 is 38.2 Å². The molecule has 0 radical (unpaired) electrons. The number of unbranched alkanes of at least 4 members (excludes halogenated alkanes) is 12. The molecule has 120 heavy (non-hydrogen) atoms. The van der Waals surface area contributed by atoms with Crippen molar-refractivity contribution in [1.29, 1.82) is 0 Å². The molecule has 0 saturated heterocycles. The quantitative estimate of drug-likeness (QED) is 0.0127. The van der Waals surface area contributed by atoms with Gasteiger partial charge in [0.15, 0.2) is 0 Å². The van der Waals surface area contributed by atoms with Crippen LogP contribution in [0.15, 0.2) is 121 Å². The number of nitrogens with two attached hydrogens (primary N) is 5. The third kappa shape index (κ3) is 61.7.